The second kappa shape index (κ2) is 5.61. The molecule has 7 heteroatoms. The SMILES string of the molecule is C#CC(C)(C)NS(=O)(=O)c1cc(F)ccc1C(=O)OC. The molecule has 1 aromatic carbocycles. The van der Waals surface area contributed by atoms with Gasteiger partial charge in [0.2, 0.25) is 10.0 Å². The fraction of sp³-hybridized carbons (Fsp3) is 0.308. The lowest BCUT2D eigenvalue weighted by molar-refractivity contribution is 0.0596. The van der Waals surface area contributed by atoms with Crippen LogP contribution < -0.4 is 4.72 Å². The standard InChI is InChI=1S/C13H14FNO4S/c1-5-13(2,3)15-20(17,18)11-8-9(14)6-7-10(11)12(16)19-4/h1,6-8,15H,2-4H3. The summed E-state index contributed by atoms with van der Waals surface area (Å²) < 4.78 is 44.4. The molecule has 0 amide bonds. The molecule has 0 saturated heterocycles. The van der Waals surface area contributed by atoms with Crippen molar-refractivity contribution in [3.63, 3.8) is 0 Å². The number of esters is 1. The van der Waals surface area contributed by atoms with E-state index in [0.717, 1.165) is 25.3 Å². The monoisotopic (exact) mass is 299 g/mol. The van der Waals surface area contributed by atoms with E-state index >= 15 is 0 Å². The number of hydrogen-bond acceptors (Lipinski definition) is 4. The van der Waals surface area contributed by atoms with Crippen LogP contribution in [0.1, 0.15) is 24.2 Å². The summed E-state index contributed by atoms with van der Waals surface area (Å²) in [6.45, 7) is 2.92. The minimum absolute atomic E-state index is 0.269. The van der Waals surface area contributed by atoms with E-state index in [1.165, 1.54) is 13.8 Å². The molecule has 0 saturated carbocycles. The first kappa shape index (κ1) is 16.1. The highest BCUT2D eigenvalue weighted by molar-refractivity contribution is 7.89. The fourth-order valence-corrected chi connectivity index (χ4v) is 2.97. The molecule has 0 spiro atoms. The van der Waals surface area contributed by atoms with E-state index in [4.69, 9.17) is 6.42 Å². The van der Waals surface area contributed by atoms with Crippen LogP contribution in [0.2, 0.25) is 0 Å². The third-order valence-electron chi connectivity index (χ3n) is 2.39. The van der Waals surface area contributed by atoms with Crippen molar-refractivity contribution >= 4 is 16.0 Å². The molecule has 0 bridgehead atoms. The van der Waals surface area contributed by atoms with Crippen LogP contribution in [0.5, 0.6) is 0 Å². The van der Waals surface area contributed by atoms with Crippen LogP contribution in [0.3, 0.4) is 0 Å². The van der Waals surface area contributed by atoms with Gasteiger partial charge in [-0.1, -0.05) is 5.92 Å². The summed E-state index contributed by atoms with van der Waals surface area (Å²) in [5.74, 6) is 0.564. The van der Waals surface area contributed by atoms with Crippen LogP contribution in [0.25, 0.3) is 0 Å². The van der Waals surface area contributed by atoms with E-state index in [1.807, 2.05) is 0 Å². The van der Waals surface area contributed by atoms with Crippen molar-refractivity contribution in [2.45, 2.75) is 24.3 Å². The number of rotatable bonds is 4. The molecule has 0 fully saturated rings. The van der Waals surface area contributed by atoms with Crippen molar-refractivity contribution in [1.29, 1.82) is 0 Å². The molecule has 0 aliphatic heterocycles. The van der Waals surface area contributed by atoms with Crippen molar-refractivity contribution in [3.05, 3.63) is 29.6 Å². The van der Waals surface area contributed by atoms with E-state index in [2.05, 4.69) is 15.4 Å². The molecule has 0 aliphatic rings. The lowest BCUT2D eigenvalue weighted by Gasteiger charge is -2.20. The average Bonchev–Trinajstić information content (AvgIpc) is 2.36. The van der Waals surface area contributed by atoms with Gasteiger partial charge in [0.1, 0.15) is 5.82 Å². The van der Waals surface area contributed by atoms with Crippen LogP contribution in [0.4, 0.5) is 4.39 Å². The van der Waals surface area contributed by atoms with Gasteiger partial charge in [-0.25, -0.2) is 17.6 Å². The van der Waals surface area contributed by atoms with E-state index in [9.17, 15) is 17.6 Å². The van der Waals surface area contributed by atoms with Gasteiger partial charge < -0.3 is 4.74 Å². The van der Waals surface area contributed by atoms with Gasteiger partial charge in [0.05, 0.1) is 23.1 Å². The number of halogens is 1. The van der Waals surface area contributed by atoms with Gasteiger partial charge in [0, 0.05) is 0 Å². The van der Waals surface area contributed by atoms with Crippen molar-refractivity contribution in [2.75, 3.05) is 7.11 Å². The lowest BCUT2D eigenvalue weighted by Crippen LogP contribution is -2.42. The number of terminal acetylenes is 1. The molecule has 20 heavy (non-hydrogen) atoms. The van der Waals surface area contributed by atoms with Crippen LogP contribution >= 0.6 is 0 Å². The normalized spacial score (nSPS) is 11.8. The maximum atomic E-state index is 13.3. The number of benzene rings is 1. The average molecular weight is 299 g/mol. The second-order valence-corrected chi connectivity index (χ2v) is 6.16. The van der Waals surface area contributed by atoms with Gasteiger partial charge in [0.15, 0.2) is 0 Å². The van der Waals surface area contributed by atoms with E-state index in [0.29, 0.717) is 0 Å². The molecule has 1 N–H and O–H groups in total. The number of hydrogen-bond donors (Lipinski definition) is 1. The molecular weight excluding hydrogens is 285 g/mol. The molecule has 0 unspecified atom stereocenters. The van der Waals surface area contributed by atoms with Gasteiger partial charge >= 0.3 is 5.97 Å². The number of carbonyl (C=O) groups is 1. The quantitative estimate of drug-likeness (QED) is 0.672. The molecule has 0 radical (unpaired) electrons. The molecule has 5 nitrogen and oxygen atoms in total. The molecule has 0 heterocycles. The third-order valence-corrected chi connectivity index (χ3v) is 4.08. The number of ether oxygens (including phenoxy) is 1. The Kier molecular flexibility index (Phi) is 4.53. The van der Waals surface area contributed by atoms with Crippen molar-refractivity contribution in [1.82, 2.24) is 4.72 Å². The van der Waals surface area contributed by atoms with Crippen LogP contribution in [0.15, 0.2) is 23.1 Å². The number of methoxy groups -OCH3 is 1. The molecule has 0 atom stereocenters. The Bertz CT molecular complexity index is 674. The zero-order chi connectivity index (χ0) is 15.6. The number of sulfonamides is 1. The Labute approximate surface area is 117 Å². The first-order chi connectivity index (χ1) is 9.13. The summed E-state index contributed by atoms with van der Waals surface area (Å²) in [5, 5.41) is 0. The minimum atomic E-state index is -4.17. The smallest absolute Gasteiger partial charge is 0.339 e. The Balaban J connectivity index is 3.42. The number of nitrogens with one attached hydrogen (secondary N) is 1. The summed E-state index contributed by atoms with van der Waals surface area (Å²) >= 11 is 0. The van der Waals surface area contributed by atoms with E-state index in [1.54, 1.807) is 0 Å². The Morgan fingerprint density at radius 1 is 1.45 bits per heavy atom. The minimum Gasteiger partial charge on any atom is -0.465 e. The van der Waals surface area contributed by atoms with Gasteiger partial charge in [-0.15, -0.1) is 6.42 Å². The molecule has 0 aliphatic carbocycles. The van der Waals surface area contributed by atoms with Gasteiger partial charge in [-0.05, 0) is 32.0 Å². The highest BCUT2D eigenvalue weighted by Crippen LogP contribution is 2.20. The van der Waals surface area contributed by atoms with E-state index < -0.39 is 32.2 Å². The molecule has 0 aromatic heterocycles. The lowest BCUT2D eigenvalue weighted by atomic mass is 10.1. The molecule has 108 valence electrons. The van der Waals surface area contributed by atoms with Crippen molar-refractivity contribution in [2.24, 2.45) is 0 Å². The molecular formula is C13H14FNO4S. The van der Waals surface area contributed by atoms with Crippen LogP contribution in [0, 0.1) is 18.2 Å². The summed E-state index contributed by atoms with van der Waals surface area (Å²) in [4.78, 5) is 11.0. The third kappa shape index (κ3) is 3.56. The van der Waals surface area contributed by atoms with Gasteiger partial charge in [0.25, 0.3) is 0 Å². The predicted molar refractivity (Wildman–Crippen MR) is 71.0 cm³/mol. The Morgan fingerprint density at radius 2 is 2.05 bits per heavy atom. The van der Waals surface area contributed by atoms with Gasteiger partial charge in [-0.2, -0.15) is 4.72 Å². The van der Waals surface area contributed by atoms with E-state index in [-0.39, 0.29) is 5.56 Å². The van der Waals surface area contributed by atoms with Crippen LogP contribution in [-0.2, 0) is 14.8 Å². The van der Waals surface area contributed by atoms with Crippen LogP contribution in [-0.4, -0.2) is 27.0 Å². The first-order valence-corrected chi connectivity index (χ1v) is 7.01. The maximum Gasteiger partial charge on any atom is 0.339 e. The first-order valence-electron chi connectivity index (χ1n) is 5.52. The van der Waals surface area contributed by atoms with Crippen molar-refractivity contribution in [3.8, 4) is 12.3 Å². The van der Waals surface area contributed by atoms with Gasteiger partial charge in [-0.3, -0.25) is 0 Å². The van der Waals surface area contributed by atoms with Crippen molar-refractivity contribution < 1.29 is 22.3 Å². The Hall–Kier alpha value is -1.91. The summed E-state index contributed by atoms with van der Waals surface area (Å²) in [5.41, 5.74) is -1.45. The summed E-state index contributed by atoms with van der Waals surface area (Å²) in [6, 6.07) is 2.75. The molecule has 1 rings (SSSR count). The maximum absolute atomic E-state index is 13.3. The zero-order valence-corrected chi connectivity index (χ0v) is 12.0. The largest absolute Gasteiger partial charge is 0.465 e. The summed E-state index contributed by atoms with van der Waals surface area (Å²) in [7, 11) is -3.07. The Morgan fingerprint density at radius 3 is 2.55 bits per heavy atom. The summed E-state index contributed by atoms with van der Waals surface area (Å²) in [6.07, 6.45) is 5.20. The molecule has 1 aromatic rings. The number of carbonyl (C=O) groups excluding carboxylic acids is 1. The second-order valence-electron chi connectivity index (χ2n) is 4.51. The highest BCUT2D eigenvalue weighted by atomic mass is 32.2. The fourth-order valence-electron chi connectivity index (χ4n) is 1.42. The highest BCUT2D eigenvalue weighted by Gasteiger charge is 2.29. The zero-order valence-electron chi connectivity index (χ0n) is 11.2. The predicted octanol–water partition coefficient (Wildman–Crippen LogP) is 1.30. The topological polar surface area (TPSA) is 72.5 Å².